The van der Waals surface area contributed by atoms with Crippen molar-refractivity contribution in [3.63, 3.8) is 0 Å². The number of piperidine rings is 1. The van der Waals surface area contributed by atoms with Crippen LogP contribution in [-0.4, -0.2) is 66.0 Å². The fourth-order valence-electron chi connectivity index (χ4n) is 4.53. The van der Waals surface area contributed by atoms with E-state index >= 15 is 0 Å². The number of aliphatic hydroxyl groups is 1. The Bertz CT molecular complexity index is 783. The van der Waals surface area contributed by atoms with E-state index in [0.717, 1.165) is 43.5 Å². The van der Waals surface area contributed by atoms with Crippen LogP contribution in [0.3, 0.4) is 0 Å². The first-order valence-corrected chi connectivity index (χ1v) is 11.6. The van der Waals surface area contributed by atoms with Gasteiger partial charge in [-0.15, -0.1) is 24.0 Å². The molecule has 8 nitrogen and oxygen atoms in total. The molecule has 3 rings (SSSR count). The maximum absolute atomic E-state index is 12.7. The summed E-state index contributed by atoms with van der Waals surface area (Å²) >= 11 is 0. The van der Waals surface area contributed by atoms with Crippen molar-refractivity contribution in [1.82, 2.24) is 15.5 Å². The second-order valence-corrected chi connectivity index (χ2v) is 9.59. The average molecular weight is 575 g/mol. The van der Waals surface area contributed by atoms with E-state index in [1.165, 1.54) is 0 Å². The Morgan fingerprint density at radius 3 is 2.33 bits per heavy atom. The van der Waals surface area contributed by atoms with Crippen molar-refractivity contribution in [3.8, 4) is 5.75 Å². The second kappa shape index (κ2) is 12.1. The van der Waals surface area contributed by atoms with Crippen LogP contribution in [0.15, 0.2) is 29.3 Å². The van der Waals surface area contributed by atoms with E-state index in [-0.39, 0.29) is 54.7 Å². The normalized spacial score (nSPS) is 23.4. The van der Waals surface area contributed by atoms with Gasteiger partial charge in [0.2, 0.25) is 0 Å². The van der Waals surface area contributed by atoms with Gasteiger partial charge in [-0.25, -0.2) is 4.79 Å². The zero-order valence-electron chi connectivity index (χ0n) is 20.3. The van der Waals surface area contributed by atoms with Crippen molar-refractivity contribution >= 4 is 36.0 Å². The molecule has 2 heterocycles. The van der Waals surface area contributed by atoms with Gasteiger partial charge in [0.05, 0.1) is 19.8 Å². The number of nitrogens with zero attached hydrogens (tertiary/aromatic N) is 2. The molecule has 0 radical (unpaired) electrons. The molecule has 3 unspecified atom stereocenters. The molecule has 1 amide bonds. The predicted octanol–water partition coefficient (Wildman–Crippen LogP) is 3.83. The van der Waals surface area contributed by atoms with E-state index in [9.17, 15) is 9.90 Å². The number of aliphatic imine (C=N–C) groups is 1. The average Bonchev–Trinajstić information content (AvgIpc) is 3.01. The number of rotatable bonds is 6. The van der Waals surface area contributed by atoms with E-state index < -0.39 is 11.7 Å². The molecular formula is C24H39IN4O4. The zero-order chi connectivity index (χ0) is 23.3. The largest absolute Gasteiger partial charge is 0.497 e. The third-order valence-electron chi connectivity index (χ3n) is 5.95. The van der Waals surface area contributed by atoms with E-state index in [2.05, 4.69) is 15.6 Å². The van der Waals surface area contributed by atoms with E-state index in [4.69, 9.17) is 9.47 Å². The van der Waals surface area contributed by atoms with Crippen molar-refractivity contribution in [1.29, 1.82) is 0 Å². The van der Waals surface area contributed by atoms with Crippen LogP contribution in [0.25, 0.3) is 0 Å². The molecule has 2 bridgehead atoms. The fourth-order valence-corrected chi connectivity index (χ4v) is 4.53. The van der Waals surface area contributed by atoms with Gasteiger partial charge in [0.25, 0.3) is 0 Å². The molecule has 9 heteroatoms. The summed E-state index contributed by atoms with van der Waals surface area (Å²) in [6, 6.07) is 7.97. The molecule has 186 valence electrons. The van der Waals surface area contributed by atoms with Crippen LogP contribution >= 0.6 is 24.0 Å². The highest BCUT2D eigenvalue weighted by atomic mass is 127. The van der Waals surface area contributed by atoms with Gasteiger partial charge in [-0.2, -0.15) is 0 Å². The number of carbonyl (C=O) groups is 1. The highest BCUT2D eigenvalue weighted by Gasteiger charge is 2.45. The summed E-state index contributed by atoms with van der Waals surface area (Å²) in [5, 5.41) is 17.3. The molecule has 0 aliphatic carbocycles. The smallest absolute Gasteiger partial charge is 0.410 e. The van der Waals surface area contributed by atoms with Crippen LogP contribution in [0.2, 0.25) is 0 Å². The number of methoxy groups -OCH3 is 1. The maximum atomic E-state index is 12.7. The number of nitrogens with one attached hydrogen (secondary N) is 2. The molecule has 2 aliphatic rings. The zero-order valence-corrected chi connectivity index (χ0v) is 22.7. The SMILES string of the molecule is CCNC(=NCC(O)c1ccc(OC)cc1)NC1CC2CCC(C1)N2C(=O)OC(C)(C)C.I. The second-order valence-electron chi connectivity index (χ2n) is 9.59. The van der Waals surface area contributed by atoms with Crippen LogP contribution in [0.5, 0.6) is 5.75 Å². The highest BCUT2D eigenvalue weighted by Crippen LogP contribution is 2.36. The van der Waals surface area contributed by atoms with Crippen molar-refractivity contribution in [2.24, 2.45) is 4.99 Å². The number of hydrogen-bond acceptors (Lipinski definition) is 5. The molecule has 33 heavy (non-hydrogen) atoms. The molecule has 1 aromatic carbocycles. The van der Waals surface area contributed by atoms with Gasteiger partial charge in [0.15, 0.2) is 5.96 Å². The number of amides is 1. The molecule has 2 aliphatic heterocycles. The van der Waals surface area contributed by atoms with Gasteiger partial charge in [0.1, 0.15) is 11.4 Å². The lowest BCUT2D eigenvalue weighted by molar-refractivity contribution is 0.00544. The van der Waals surface area contributed by atoms with Gasteiger partial charge in [-0.05, 0) is 71.1 Å². The monoisotopic (exact) mass is 574 g/mol. The molecule has 3 N–H and O–H groups in total. The summed E-state index contributed by atoms with van der Waals surface area (Å²) in [6.07, 6.45) is 2.84. The van der Waals surface area contributed by atoms with Crippen molar-refractivity contribution < 1.29 is 19.4 Å². The maximum Gasteiger partial charge on any atom is 0.410 e. The van der Waals surface area contributed by atoms with Gasteiger partial charge in [0, 0.05) is 24.7 Å². The van der Waals surface area contributed by atoms with Gasteiger partial charge < -0.3 is 30.1 Å². The third kappa shape index (κ3) is 7.63. The molecule has 0 saturated carbocycles. The molecule has 2 saturated heterocycles. The lowest BCUT2D eigenvalue weighted by Crippen LogP contribution is -2.55. The van der Waals surface area contributed by atoms with Crippen molar-refractivity contribution in [3.05, 3.63) is 29.8 Å². The first kappa shape index (κ1) is 27.5. The Kier molecular flexibility index (Phi) is 10.1. The van der Waals surface area contributed by atoms with Crippen LogP contribution in [0.4, 0.5) is 4.79 Å². The molecular weight excluding hydrogens is 535 g/mol. The number of ether oxygens (including phenoxy) is 2. The Morgan fingerprint density at radius 2 is 1.82 bits per heavy atom. The first-order valence-electron chi connectivity index (χ1n) is 11.6. The summed E-state index contributed by atoms with van der Waals surface area (Å²) in [5.74, 6) is 1.45. The quantitative estimate of drug-likeness (QED) is 0.272. The molecule has 0 aromatic heterocycles. The number of guanidine groups is 1. The lowest BCUT2D eigenvalue weighted by atomic mass is 9.98. The van der Waals surface area contributed by atoms with Crippen LogP contribution < -0.4 is 15.4 Å². The summed E-state index contributed by atoms with van der Waals surface area (Å²) in [6.45, 7) is 8.72. The van der Waals surface area contributed by atoms with Crippen LogP contribution in [0.1, 0.15) is 65.0 Å². The number of hydrogen-bond donors (Lipinski definition) is 3. The standard InChI is InChI=1S/C24H38N4O4.HI/c1-6-25-22(26-15-21(29)16-7-11-20(31-5)12-8-16)27-17-13-18-9-10-19(14-17)28(18)23(30)32-24(2,3)4;/h7-8,11-12,17-19,21,29H,6,9-10,13-15H2,1-5H3,(H2,25,26,27);1H. The lowest BCUT2D eigenvalue weighted by Gasteiger charge is -2.40. The van der Waals surface area contributed by atoms with E-state index in [1.54, 1.807) is 7.11 Å². The minimum absolute atomic E-state index is 0. The van der Waals surface area contributed by atoms with Gasteiger partial charge >= 0.3 is 6.09 Å². The highest BCUT2D eigenvalue weighted by molar-refractivity contribution is 14.0. The number of fused-ring (bicyclic) bond motifs is 2. The summed E-state index contributed by atoms with van der Waals surface area (Å²) < 4.78 is 10.8. The summed E-state index contributed by atoms with van der Waals surface area (Å²) in [7, 11) is 1.62. The Morgan fingerprint density at radius 1 is 1.21 bits per heavy atom. The minimum atomic E-state index is -0.693. The van der Waals surface area contributed by atoms with Gasteiger partial charge in [-0.1, -0.05) is 12.1 Å². The van der Waals surface area contributed by atoms with E-state index in [1.807, 2.05) is 56.9 Å². The minimum Gasteiger partial charge on any atom is -0.497 e. The Balaban J connectivity index is 0.00000385. The van der Waals surface area contributed by atoms with Gasteiger partial charge in [-0.3, -0.25) is 4.99 Å². The topological polar surface area (TPSA) is 95.4 Å². The number of aliphatic hydroxyl groups excluding tert-OH is 1. The fraction of sp³-hybridized carbons (Fsp3) is 0.667. The first-order chi connectivity index (χ1) is 15.2. The Labute approximate surface area is 214 Å². The van der Waals surface area contributed by atoms with Crippen LogP contribution in [-0.2, 0) is 4.74 Å². The van der Waals surface area contributed by atoms with Crippen molar-refractivity contribution in [2.45, 2.75) is 83.2 Å². The van der Waals surface area contributed by atoms with Crippen molar-refractivity contribution in [2.75, 3.05) is 20.2 Å². The number of benzene rings is 1. The summed E-state index contributed by atoms with van der Waals surface area (Å²) in [5.41, 5.74) is 0.315. The molecule has 2 fully saturated rings. The Hall–Kier alpha value is -1.75. The predicted molar refractivity (Wildman–Crippen MR) is 140 cm³/mol. The number of carbonyl (C=O) groups excluding carboxylic acids is 1. The molecule has 1 aromatic rings. The van der Waals surface area contributed by atoms with Crippen LogP contribution in [0, 0.1) is 0 Å². The summed E-state index contributed by atoms with van der Waals surface area (Å²) in [4.78, 5) is 19.2. The molecule has 3 atom stereocenters. The van der Waals surface area contributed by atoms with E-state index in [0.29, 0.717) is 5.96 Å². The molecule has 0 spiro atoms. The number of halogens is 1. The third-order valence-corrected chi connectivity index (χ3v) is 5.95.